The SMILES string of the molecule is COCc1ccc([C@@H](C)N2CCOCC2)cc1. The maximum Gasteiger partial charge on any atom is 0.0713 e. The molecule has 1 saturated heterocycles. The fourth-order valence-electron chi connectivity index (χ4n) is 2.23. The highest BCUT2D eigenvalue weighted by Gasteiger charge is 2.18. The molecule has 0 aromatic heterocycles. The van der Waals surface area contributed by atoms with Gasteiger partial charge in [0, 0.05) is 26.2 Å². The lowest BCUT2D eigenvalue weighted by Gasteiger charge is -2.32. The van der Waals surface area contributed by atoms with Gasteiger partial charge in [-0.15, -0.1) is 0 Å². The van der Waals surface area contributed by atoms with Gasteiger partial charge in [-0.05, 0) is 18.1 Å². The van der Waals surface area contributed by atoms with E-state index in [2.05, 4.69) is 36.1 Å². The van der Waals surface area contributed by atoms with E-state index in [0.29, 0.717) is 12.6 Å². The van der Waals surface area contributed by atoms with Crippen LogP contribution in [-0.2, 0) is 16.1 Å². The average Bonchev–Trinajstić information content (AvgIpc) is 2.40. The van der Waals surface area contributed by atoms with Crippen molar-refractivity contribution in [2.45, 2.75) is 19.6 Å². The number of ether oxygens (including phenoxy) is 2. The summed E-state index contributed by atoms with van der Waals surface area (Å²) >= 11 is 0. The van der Waals surface area contributed by atoms with Crippen LogP contribution in [0.25, 0.3) is 0 Å². The average molecular weight is 235 g/mol. The van der Waals surface area contributed by atoms with Gasteiger partial charge in [-0.2, -0.15) is 0 Å². The number of hydrogen-bond acceptors (Lipinski definition) is 3. The Morgan fingerprint density at radius 2 is 1.88 bits per heavy atom. The highest BCUT2D eigenvalue weighted by atomic mass is 16.5. The molecule has 0 aliphatic carbocycles. The van der Waals surface area contributed by atoms with Gasteiger partial charge in [0.15, 0.2) is 0 Å². The van der Waals surface area contributed by atoms with E-state index in [1.165, 1.54) is 11.1 Å². The molecule has 0 N–H and O–H groups in total. The Hall–Kier alpha value is -0.900. The predicted molar refractivity (Wildman–Crippen MR) is 68.0 cm³/mol. The predicted octanol–water partition coefficient (Wildman–Crippen LogP) is 2.23. The summed E-state index contributed by atoms with van der Waals surface area (Å²) in [6.45, 7) is 6.71. The quantitative estimate of drug-likeness (QED) is 0.799. The van der Waals surface area contributed by atoms with Gasteiger partial charge in [0.05, 0.1) is 19.8 Å². The summed E-state index contributed by atoms with van der Waals surface area (Å²) in [4.78, 5) is 2.47. The van der Waals surface area contributed by atoms with Crippen molar-refractivity contribution in [2.75, 3.05) is 33.4 Å². The molecular formula is C14H21NO2. The van der Waals surface area contributed by atoms with Gasteiger partial charge in [-0.3, -0.25) is 4.90 Å². The highest BCUT2D eigenvalue weighted by molar-refractivity contribution is 5.24. The molecule has 0 unspecified atom stereocenters. The van der Waals surface area contributed by atoms with Crippen molar-refractivity contribution >= 4 is 0 Å². The van der Waals surface area contributed by atoms with E-state index in [9.17, 15) is 0 Å². The molecule has 1 aliphatic heterocycles. The first-order chi connectivity index (χ1) is 8.31. The zero-order valence-corrected chi connectivity index (χ0v) is 10.7. The second-order valence-corrected chi connectivity index (χ2v) is 4.50. The van der Waals surface area contributed by atoms with Gasteiger partial charge in [0.1, 0.15) is 0 Å². The Morgan fingerprint density at radius 3 is 2.47 bits per heavy atom. The van der Waals surface area contributed by atoms with E-state index in [1.54, 1.807) is 7.11 Å². The molecule has 3 heteroatoms. The Kier molecular flexibility index (Phi) is 4.54. The smallest absolute Gasteiger partial charge is 0.0713 e. The van der Waals surface area contributed by atoms with Crippen LogP contribution < -0.4 is 0 Å². The highest BCUT2D eigenvalue weighted by Crippen LogP contribution is 2.21. The zero-order chi connectivity index (χ0) is 12.1. The number of methoxy groups -OCH3 is 1. The topological polar surface area (TPSA) is 21.7 Å². The number of benzene rings is 1. The van der Waals surface area contributed by atoms with Crippen molar-refractivity contribution in [1.82, 2.24) is 4.90 Å². The van der Waals surface area contributed by atoms with Crippen LogP contribution in [0.15, 0.2) is 24.3 Å². The van der Waals surface area contributed by atoms with E-state index in [0.717, 1.165) is 26.3 Å². The minimum absolute atomic E-state index is 0.468. The Labute approximate surface area is 103 Å². The third kappa shape index (κ3) is 3.28. The molecule has 1 aliphatic rings. The van der Waals surface area contributed by atoms with E-state index < -0.39 is 0 Å². The van der Waals surface area contributed by atoms with Crippen molar-refractivity contribution in [3.05, 3.63) is 35.4 Å². The van der Waals surface area contributed by atoms with Crippen molar-refractivity contribution < 1.29 is 9.47 Å². The summed E-state index contributed by atoms with van der Waals surface area (Å²) in [6, 6.07) is 9.17. The van der Waals surface area contributed by atoms with Crippen LogP contribution in [0.5, 0.6) is 0 Å². The van der Waals surface area contributed by atoms with E-state index in [-0.39, 0.29) is 0 Å². The van der Waals surface area contributed by atoms with Crippen molar-refractivity contribution in [3.63, 3.8) is 0 Å². The Balaban J connectivity index is 2.00. The number of rotatable bonds is 4. The summed E-state index contributed by atoms with van der Waals surface area (Å²) < 4.78 is 10.5. The first kappa shape index (κ1) is 12.6. The Bertz CT molecular complexity index is 331. The molecule has 17 heavy (non-hydrogen) atoms. The molecule has 94 valence electrons. The van der Waals surface area contributed by atoms with Gasteiger partial charge in [-0.1, -0.05) is 24.3 Å². The maximum atomic E-state index is 5.38. The van der Waals surface area contributed by atoms with Crippen molar-refractivity contribution in [1.29, 1.82) is 0 Å². The normalized spacial score (nSPS) is 19.2. The third-order valence-corrected chi connectivity index (χ3v) is 3.37. The maximum absolute atomic E-state index is 5.38. The second kappa shape index (κ2) is 6.15. The molecule has 0 amide bonds. The van der Waals surface area contributed by atoms with Crippen LogP contribution in [0.1, 0.15) is 24.1 Å². The Morgan fingerprint density at radius 1 is 1.24 bits per heavy atom. The van der Waals surface area contributed by atoms with E-state index in [1.807, 2.05) is 0 Å². The molecule has 0 spiro atoms. The zero-order valence-electron chi connectivity index (χ0n) is 10.7. The van der Waals surface area contributed by atoms with Crippen LogP contribution in [0, 0.1) is 0 Å². The van der Waals surface area contributed by atoms with Crippen LogP contribution in [-0.4, -0.2) is 38.3 Å². The van der Waals surface area contributed by atoms with Gasteiger partial charge < -0.3 is 9.47 Å². The minimum Gasteiger partial charge on any atom is -0.380 e. The molecule has 0 radical (unpaired) electrons. The largest absolute Gasteiger partial charge is 0.380 e. The van der Waals surface area contributed by atoms with E-state index in [4.69, 9.17) is 9.47 Å². The molecule has 1 aromatic rings. The lowest BCUT2D eigenvalue weighted by molar-refractivity contribution is 0.0198. The molecule has 2 rings (SSSR count). The summed E-state index contributed by atoms with van der Waals surface area (Å²) in [6.07, 6.45) is 0. The standard InChI is InChI=1S/C14H21NO2/c1-12(15-7-9-17-10-8-15)14-5-3-13(4-6-14)11-16-2/h3-6,12H,7-11H2,1-2H3/t12-/m1/s1. The second-order valence-electron chi connectivity index (χ2n) is 4.50. The van der Waals surface area contributed by atoms with Gasteiger partial charge in [-0.25, -0.2) is 0 Å². The van der Waals surface area contributed by atoms with Crippen LogP contribution in [0.2, 0.25) is 0 Å². The molecule has 3 nitrogen and oxygen atoms in total. The number of nitrogens with zero attached hydrogens (tertiary/aromatic N) is 1. The summed E-state index contributed by atoms with van der Waals surface area (Å²) in [5.41, 5.74) is 2.59. The van der Waals surface area contributed by atoms with Gasteiger partial charge >= 0.3 is 0 Å². The first-order valence-corrected chi connectivity index (χ1v) is 6.21. The lowest BCUT2D eigenvalue weighted by Crippen LogP contribution is -2.37. The molecule has 0 saturated carbocycles. The van der Waals surface area contributed by atoms with E-state index >= 15 is 0 Å². The van der Waals surface area contributed by atoms with Crippen LogP contribution in [0.4, 0.5) is 0 Å². The van der Waals surface area contributed by atoms with Crippen molar-refractivity contribution in [2.24, 2.45) is 0 Å². The lowest BCUT2D eigenvalue weighted by atomic mass is 10.0. The summed E-state index contributed by atoms with van der Waals surface area (Å²) in [5, 5.41) is 0. The minimum atomic E-state index is 0.468. The molecule has 1 atom stereocenters. The van der Waals surface area contributed by atoms with Crippen molar-refractivity contribution in [3.8, 4) is 0 Å². The summed E-state index contributed by atoms with van der Waals surface area (Å²) in [5.74, 6) is 0. The van der Waals surface area contributed by atoms with Crippen LogP contribution >= 0.6 is 0 Å². The molecular weight excluding hydrogens is 214 g/mol. The molecule has 1 heterocycles. The molecule has 0 bridgehead atoms. The molecule has 1 aromatic carbocycles. The van der Waals surface area contributed by atoms with Gasteiger partial charge in [0.25, 0.3) is 0 Å². The fourth-order valence-corrected chi connectivity index (χ4v) is 2.23. The fraction of sp³-hybridized carbons (Fsp3) is 0.571. The summed E-state index contributed by atoms with van der Waals surface area (Å²) in [7, 11) is 1.73. The molecule has 1 fully saturated rings. The van der Waals surface area contributed by atoms with Gasteiger partial charge in [0.2, 0.25) is 0 Å². The monoisotopic (exact) mass is 235 g/mol. The third-order valence-electron chi connectivity index (χ3n) is 3.37. The first-order valence-electron chi connectivity index (χ1n) is 6.21. The number of morpholine rings is 1. The number of hydrogen-bond donors (Lipinski definition) is 0. The van der Waals surface area contributed by atoms with Crippen LogP contribution in [0.3, 0.4) is 0 Å².